The highest BCUT2D eigenvalue weighted by molar-refractivity contribution is 6.19. The van der Waals surface area contributed by atoms with Crippen LogP contribution in [-0.4, -0.2) is 9.13 Å². The molecular weight excluding hydrogens is 574 g/mol. The molecule has 0 saturated heterocycles. The fourth-order valence-electron chi connectivity index (χ4n) is 7.42. The summed E-state index contributed by atoms with van der Waals surface area (Å²) in [7, 11) is 0. The molecule has 0 aliphatic carbocycles. The quantitative estimate of drug-likeness (QED) is 0.203. The van der Waals surface area contributed by atoms with E-state index in [1.54, 1.807) is 6.07 Å². The third kappa shape index (κ3) is 3.75. The van der Waals surface area contributed by atoms with Gasteiger partial charge in [0.2, 0.25) is 0 Å². The van der Waals surface area contributed by atoms with E-state index in [1.165, 1.54) is 43.7 Å². The average molecular weight is 600 g/mol. The van der Waals surface area contributed by atoms with Crippen molar-refractivity contribution in [3.05, 3.63) is 157 Å². The van der Waals surface area contributed by atoms with E-state index in [0.717, 1.165) is 44.3 Å². The summed E-state index contributed by atoms with van der Waals surface area (Å²) in [6.45, 7) is 0. The lowest BCUT2D eigenvalue weighted by Gasteiger charge is -2.11. The number of benzene rings is 7. The first-order chi connectivity index (χ1) is 23.2. The molecule has 10 aromatic rings. The minimum atomic E-state index is 0.621. The van der Waals surface area contributed by atoms with Crippen molar-refractivity contribution in [3.63, 3.8) is 0 Å². The van der Waals surface area contributed by atoms with Gasteiger partial charge >= 0.3 is 0 Å². The molecule has 0 N–H and O–H groups in total. The molecule has 0 amide bonds. The summed E-state index contributed by atoms with van der Waals surface area (Å²) in [4.78, 5) is 0. The SMILES string of the molecule is N#Cc1ccc2oc3ccc(-n4c5ccccc5c5cc6c(cc54)c4ccccc4n6-c4cccc(-c5ccccc5)c4)cc3c2c1. The van der Waals surface area contributed by atoms with Crippen LogP contribution in [0.25, 0.3) is 88.1 Å². The molecule has 10 rings (SSSR count). The molecule has 0 aliphatic heterocycles. The number of para-hydroxylation sites is 2. The van der Waals surface area contributed by atoms with Gasteiger partial charge in [0.15, 0.2) is 0 Å². The van der Waals surface area contributed by atoms with Gasteiger partial charge in [-0.25, -0.2) is 0 Å². The number of nitrogens with zero attached hydrogens (tertiary/aromatic N) is 3. The molecule has 3 heterocycles. The molecule has 0 spiro atoms. The van der Waals surface area contributed by atoms with E-state index in [0.29, 0.717) is 5.56 Å². The maximum Gasteiger partial charge on any atom is 0.135 e. The predicted molar refractivity (Wildman–Crippen MR) is 193 cm³/mol. The first-order valence-electron chi connectivity index (χ1n) is 15.7. The Hall–Kier alpha value is -6.57. The van der Waals surface area contributed by atoms with Crippen LogP contribution < -0.4 is 0 Å². The third-order valence-electron chi connectivity index (χ3n) is 9.52. The standard InChI is InChI=1S/C43H25N3O/c44-26-27-17-19-42-36(21-27)37-23-31(18-20-43(37)47-42)46-39-16-7-5-14-33(39)35-24-40-34(25-41(35)46)32-13-4-6-15-38(32)45(40)30-12-8-11-29(22-30)28-9-2-1-3-10-28/h1-25H. The van der Waals surface area contributed by atoms with Crippen molar-refractivity contribution in [1.29, 1.82) is 5.26 Å². The van der Waals surface area contributed by atoms with E-state index in [-0.39, 0.29) is 0 Å². The number of aromatic nitrogens is 2. The van der Waals surface area contributed by atoms with Gasteiger partial charge < -0.3 is 13.6 Å². The van der Waals surface area contributed by atoms with Gasteiger partial charge in [-0.2, -0.15) is 5.26 Å². The summed E-state index contributed by atoms with van der Waals surface area (Å²) in [5.74, 6) is 0. The minimum Gasteiger partial charge on any atom is -0.456 e. The van der Waals surface area contributed by atoms with Gasteiger partial charge in [-0.15, -0.1) is 0 Å². The summed E-state index contributed by atoms with van der Waals surface area (Å²) >= 11 is 0. The second-order valence-electron chi connectivity index (χ2n) is 12.1. The highest BCUT2D eigenvalue weighted by Crippen LogP contribution is 2.41. The lowest BCUT2D eigenvalue weighted by atomic mass is 10.1. The number of rotatable bonds is 3. The average Bonchev–Trinajstić information content (AvgIpc) is 3.77. The number of furan rings is 1. The van der Waals surface area contributed by atoms with E-state index in [1.807, 2.05) is 18.2 Å². The molecular formula is C43H25N3O. The molecule has 3 aromatic heterocycles. The highest BCUT2D eigenvalue weighted by Gasteiger charge is 2.19. The topological polar surface area (TPSA) is 46.8 Å². The fraction of sp³-hybridized carbons (Fsp3) is 0. The van der Waals surface area contributed by atoms with Crippen molar-refractivity contribution in [3.8, 4) is 28.6 Å². The molecule has 0 aliphatic rings. The number of nitriles is 1. The molecule has 0 fully saturated rings. The minimum absolute atomic E-state index is 0.621. The normalized spacial score (nSPS) is 11.8. The van der Waals surface area contributed by atoms with Gasteiger partial charge in [0.1, 0.15) is 11.2 Å². The van der Waals surface area contributed by atoms with Gasteiger partial charge in [-0.05, 0) is 83.9 Å². The van der Waals surface area contributed by atoms with Crippen molar-refractivity contribution in [2.45, 2.75) is 0 Å². The highest BCUT2D eigenvalue weighted by atomic mass is 16.3. The zero-order chi connectivity index (χ0) is 31.1. The van der Waals surface area contributed by atoms with Crippen LogP contribution in [0.4, 0.5) is 0 Å². The molecule has 0 saturated carbocycles. The Morgan fingerprint density at radius 2 is 0.979 bits per heavy atom. The van der Waals surface area contributed by atoms with Gasteiger partial charge in [0.25, 0.3) is 0 Å². The van der Waals surface area contributed by atoms with Crippen LogP contribution in [0.3, 0.4) is 0 Å². The first-order valence-corrected chi connectivity index (χ1v) is 15.7. The van der Waals surface area contributed by atoms with E-state index in [2.05, 4.69) is 143 Å². The Bertz CT molecular complexity index is 2910. The van der Waals surface area contributed by atoms with Gasteiger partial charge in [0, 0.05) is 43.7 Å². The van der Waals surface area contributed by atoms with E-state index >= 15 is 0 Å². The second-order valence-corrected chi connectivity index (χ2v) is 12.1. The fourth-order valence-corrected chi connectivity index (χ4v) is 7.42. The van der Waals surface area contributed by atoms with E-state index < -0.39 is 0 Å². The number of fused-ring (bicyclic) bond motifs is 9. The van der Waals surface area contributed by atoms with Gasteiger partial charge in [0.05, 0.1) is 33.7 Å². The van der Waals surface area contributed by atoms with Crippen LogP contribution in [-0.2, 0) is 0 Å². The van der Waals surface area contributed by atoms with Crippen molar-refractivity contribution in [2.24, 2.45) is 0 Å². The number of hydrogen-bond acceptors (Lipinski definition) is 2. The van der Waals surface area contributed by atoms with Crippen LogP contribution in [0.15, 0.2) is 156 Å². The summed E-state index contributed by atoms with van der Waals surface area (Å²) in [5.41, 5.74) is 11.4. The van der Waals surface area contributed by atoms with Crippen molar-refractivity contribution >= 4 is 65.6 Å². The smallest absolute Gasteiger partial charge is 0.135 e. The van der Waals surface area contributed by atoms with Crippen LogP contribution >= 0.6 is 0 Å². The van der Waals surface area contributed by atoms with Gasteiger partial charge in [-0.3, -0.25) is 0 Å². The van der Waals surface area contributed by atoms with Crippen molar-refractivity contribution in [1.82, 2.24) is 9.13 Å². The van der Waals surface area contributed by atoms with Crippen molar-refractivity contribution < 1.29 is 4.42 Å². The van der Waals surface area contributed by atoms with Crippen LogP contribution in [0.5, 0.6) is 0 Å². The zero-order valence-electron chi connectivity index (χ0n) is 25.2. The Balaban J connectivity index is 1.27. The Labute approximate surface area is 269 Å². The first kappa shape index (κ1) is 25.7. The summed E-state index contributed by atoms with van der Waals surface area (Å²) in [5, 5.41) is 16.3. The second kappa shape index (κ2) is 9.71. The van der Waals surface area contributed by atoms with Crippen molar-refractivity contribution in [2.75, 3.05) is 0 Å². The molecule has 0 bridgehead atoms. The lowest BCUT2D eigenvalue weighted by Crippen LogP contribution is -1.95. The monoisotopic (exact) mass is 599 g/mol. The molecule has 0 unspecified atom stereocenters. The molecule has 4 nitrogen and oxygen atoms in total. The van der Waals surface area contributed by atoms with Crippen LogP contribution in [0.2, 0.25) is 0 Å². The molecule has 218 valence electrons. The predicted octanol–water partition coefficient (Wildman–Crippen LogP) is 11.3. The third-order valence-corrected chi connectivity index (χ3v) is 9.52. The van der Waals surface area contributed by atoms with E-state index in [4.69, 9.17) is 4.42 Å². The Kier molecular flexibility index (Phi) is 5.32. The lowest BCUT2D eigenvalue weighted by molar-refractivity contribution is 0.669. The van der Waals surface area contributed by atoms with Gasteiger partial charge in [-0.1, -0.05) is 78.9 Å². The molecule has 4 heteroatoms. The summed E-state index contributed by atoms with van der Waals surface area (Å²) in [6, 6.07) is 55.7. The van der Waals surface area contributed by atoms with E-state index in [9.17, 15) is 5.26 Å². The number of hydrogen-bond donors (Lipinski definition) is 0. The maximum absolute atomic E-state index is 9.56. The summed E-state index contributed by atoms with van der Waals surface area (Å²) < 4.78 is 10.9. The largest absolute Gasteiger partial charge is 0.456 e. The van der Waals surface area contributed by atoms with Crippen LogP contribution in [0, 0.1) is 11.3 Å². The zero-order valence-corrected chi connectivity index (χ0v) is 25.2. The molecule has 0 atom stereocenters. The Morgan fingerprint density at radius 1 is 0.404 bits per heavy atom. The maximum atomic E-state index is 9.56. The molecule has 47 heavy (non-hydrogen) atoms. The Morgan fingerprint density at radius 3 is 1.66 bits per heavy atom. The molecule has 0 radical (unpaired) electrons. The van der Waals surface area contributed by atoms with Crippen LogP contribution in [0.1, 0.15) is 5.56 Å². The molecule has 7 aromatic carbocycles. The summed E-state index contributed by atoms with van der Waals surface area (Å²) in [6.07, 6.45) is 0.